The average Bonchev–Trinajstić information content (AvgIpc) is 3.32. The summed E-state index contributed by atoms with van der Waals surface area (Å²) < 4.78 is 0. The van der Waals surface area contributed by atoms with Crippen molar-refractivity contribution in [1.82, 2.24) is 24.9 Å². The molecular weight excluding hydrogens is 506 g/mol. The Hall–Kier alpha value is -2.94. The number of nitrogens with one attached hydrogen (secondary N) is 1. The summed E-state index contributed by atoms with van der Waals surface area (Å²) in [7, 11) is 0. The van der Waals surface area contributed by atoms with E-state index in [0.29, 0.717) is 30.4 Å². The Morgan fingerprint density at radius 3 is 2.30 bits per heavy atom. The molecule has 0 aliphatic carbocycles. The second-order valence-electron chi connectivity index (χ2n) is 12.5. The van der Waals surface area contributed by atoms with Gasteiger partial charge in [-0.1, -0.05) is 12.1 Å². The summed E-state index contributed by atoms with van der Waals surface area (Å²) in [5, 5.41) is 2.38. The monoisotopic (exact) mass is 549 g/mol. The van der Waals surface area contributed by atoms with Crippen LogP contribution in [-0.2, 0) is 16.1 Å². The zero-order valence-electron chi connectivity index (χ0n) is 23.6. The van der Waals surface area contributed by atoms with Gasteiger partial charge in [0, 0.05) is 44.7 Å². The van der Waals surface area contributed by atoms with E-state index in [1.807, 2.05) is 6.07 Å². The lowest BCUT2D eigenvalue weighted by Crippen LogP contribution is -2.52. The zero-order valence-corrected chi connectivity index (χ0v) is 23.6. The molecule has 1 aromatic rings. The Morgan fingerprint density at radius 2 is 1.57 bits per heavy atom. The largest absolute Gasteiger partial charge is 0.325 e. The first-order valence-electron chi connectivity index (χ1n) is 15.5. The Balaban J connectivity index is 0.945. The molecule has 1 atom stereocenters. The van der Waals surface area contributed by atoms with Gasteiger partial charge in [-0.05, 0) is 106 Å². The van der Waals surface area contributed by atoms with Crippen LogP contribution < -0.4 is 5.32 Å². The lowest BCUT2D eigenvalue weighted by molar-refractivity contribution is -0.136. The molecule has 216 valence electrons. The topological polar surface area (TPSA) is 93.3 Å². The number of piperidine rings is 4. The molecule has 5 amide bonds. The van der Waals surface area contributed by atoms with Gasteiger partial charge in [-0.15, -0.1) is 0 Å². The van der Waals surface area contributed by atoms with Crippen LogP contribution in [0.4, 0.5) is 4.79 Å². The van der Waals surface area contributed by atoms with E-state index in [1.54, 1.807) is 4.90 Å². The van der Waals surface area contributed by atoms with Crippen LogP contribution in [0.15, 0.2) is 18.2 Å². The molecule has 1 N–H and O–H groups in total. The number of benzene rings is 1. The van der Waals surface area contributed by atoms with E-state index in [0.717, 1.165) is 89.9 Å². The smallest absolute Gasteiger partial charge is 0.319 e. The predicted molar refractivity (Wildman–Crippen MR) is 151 cm³/mol. The van der Waals surface area contributed by atoms with E-state index in [1.165, 1.54) is 18.4 Å². The Bertz CT molecular complexity index is 1130. The van der Waals surface area contributed by atoms with Crippen molar-refractivity contribution < 1.29 is 19.2 Å². The molecule has 40 heavy (non-hydrogen) atoms. The molecule has 5 heterocycles. The normalized spacial score (nSPS) is 25.4. The van der Waals surface area contributed by atoms with E-state index in [4.69, 9.17) is 0 Å². The number of urea groups is 1. The number of amides is 5. The second kappa shape index (κ2) is 11.9. The average molecular weight is 550 g/mol. The summed E-state index contributed by atoms with van der Waals surface area (Å²) in [6.45, 7) is 7.43. The van der Waals surface area contributed by atoms with Crippen molar-refractivity contribution in [1.29, 1.82) is 0 Å². The summed E-state index contributed by atoms with van der Waals surface area (Å²) in [6, 6.07) is 5.92. The number of likely N-dealkylation sites (tertiary alicyclic amines) is 3. The fraction of sp³-hybridized carbons (Fsp3) is 0.677. The highest BCUT2D eigenvalue weighted by molar-refractivity contribution is 6.05. The highest BCUT2D eigenvalue weighted by Gasteiger charge is 2.39. The Morgan fingerprint density at radius 1 is 0.850 bits per heavy atom. The molecule has 0 spiro atoms. The molecule has 0 aromatic heterocycles. The van der Waals surface area contributed by atoms with Gasteiger partial charge < -0.3 is 19.6 Å². The van der Waals surface area contributed by atoms with E-state index in [-0.39, 0.29) is 30.2 Å². The molecule has 1 unspecified atom stereocenters. The van der Waals surface area contributed by atoms with Gasteiger partial charge in [-0.3, -0.25) is 19.7 Å². The van der Waals surface area contributed by atoms with Crippen LogP contribution in [0.1, 0.15) is 91.6 Å². The second-order valence-corrected chi connectivity index (χ2v) is 12.5. The van der Waals surface area contributed by atoms with Gasteiger partial charge in [-0.25, -0.2) is 4.79 Å². The Kier molecular flexibility index (Phi) is 8.10. The molecule has 9 nitrogen and oxygen atoms in total. The summed E-state index contributed by atoms with van der Waals surface area (Å²) in [5.74, 6) is 0.480. The van der Waals surface area contributed by atoms with Crippen molar-refractivity contribution in [3.05, 3.63) is 34.9 Å². The molecule has 1 aromatic carbocycles. The maximum Gasteiger partial charge on any atom is 0.319 e. The van der Waals surface area contributed by atoms with Crippen molar-refractivity contribution >= 4 is 23.8 Å². The summed E-state index contributed by atoms with van der Waals surface area (Å²) >= 11 is 0. The third-order valence-corrected chi connectivity index (χ3v) is 9.97. The molecule has 6 rings (SSSR count). The molecule has 0 radical (unpaired) electrons. The van der Waals surface area contributed by atoms with Crippen LogP contribution in [0.25, 0.3) is 0 Å². The molecular formula is C31H43N5O4. The number of carbonyl (C=O) groups excluding carboxylic acids is 4. The number of hydrogen-bond acceptors (Lipinski definition) is 5. The van der Waals surface area contributed by atoms with Crippen molar-refractivity contribution in [3.63, 3.8) is 0 Å². The third kappa shape index (κ3) is 5.76. The van der Waals surface area contributed by atoms with Gasteiger partial charge >= 0.3 is 6.03 Å². The lowest BCUT2D eigenvalue weighted by Gasteiger charge is -2.38. The SMILES string of the molecule is O=C1CCC(N2Cc3cc(C4CCN(CCC5CCN(C(=O)N6CCCCC6)CC5)CC4)ccc3C2=O)C(=O)N1. The molecule has 5 aliphatic rings. The van der Waals surface area contributed by atoms with Crippen LogP contribution in [0.2, 0.25) is 0 Å². The highest BCUT2D eigenvalue weighted by atomic mass is 16.2. The van der Waals surface area contributed by atoms with Crippen LogP contribution in [-0.4, -0.2) is 95.2 Å². The number of nitrogens with zero attached hydrogens (tertiary/aromatic N) is 4. The predicted octanol–water partition coefficient (Wildman–Crippen LogP) is 3.34. The number of imide groups is 1. The van der Waals surface area contributed by atoms with Crippen LogP contribution in [0, 0.1) is 5.92 Å². The molecule has 9 heteroatoms. The number of fused-ring (bicyclic) bond motifs is 1. The zero-order chi connectivity index (χ0) is 27.6. The maximum atomic E-state index is 13.0. The lowest BCUT2D eigenvalue weighted by atomic mass is 9.87. The molecule has 0 saturated carbocycles. The number of hydrogen-bond donors (Lipinski definition) is 1. The Labute approximate surface area is 237 Å². The van der Waals surface area contributed by atoms with Crippen molar-refractivity contribution in [2.24, 2.45) is 5.92 Å². The quantitative estimate of drug-likeness (QED) is 0.569. The van der Waals surface area contributed by atoms with Crippen molar-refractivity contribution in [2.45, 2.75) is 82.7 Å². The molecule has 4 fully saturated rings. The van der Waals surface area contributed by atoms with Crippen LogP contribution in [0.5, 0.6) is 0 Å². The van der Waals surface area contributed by atoms with Gasteiger partial charge in [0.25, 0.3) is 5.91 Å². The number of rotatable bonds is 5. The minimum atomic E-state index is -0.563. The van der Waals surface area contributed by atoms with Gasteiger partial charge in [0.2, 0.25) is 11.8 Å². The van der Waals surface area contributed by atoms with Crippen LogP contribution >= 0.6 is 0 Å². The van der Waals surface area contributed by atoms with Crippen LogP contribution in [0.3, 0.4) is 0 Å². The standard InChI is InChI=1S/C31H43N5O4/c37-28-7-6-27(29(38)32-28)36-21-25-20-24(4-5-26(25)30(36)39)23-11-16-33(17-12-23)15-8-22-9-18-35(19-10-22)31(40)34-13-2-1-3-14-34/h4-5,20,22-23,27H,1-3,6-19,21H2,(H,32,37,38). The van der Waals surface area contributed by atoms with E-state index in [9.17, 15) is 19.2 Å². The third-order valence-electron chi connectivity index (χ3n) is 9.97. The first-order chi connectivity index (χ1) is 19.5. The van der Waals surface area contributed by atoms with Gasteiger partial charge in [0.05, 0.1) is 0 Å². The highest BCUT2D eigenvalue weighted by Crippen LogP contribution is 2.34. The van der Waals surface area contributed by atoms with E-state index >= 15 is 0 Å². The van der Waals surface area contributed by atoms with Gasteiger partial charge in [0.1, 0.15) is 6.04 Å². The van der Waals surface area contributed by atoms with Crippen molar-refractivity contribution in [3.8, 4) is 0 Å². The minimum Gasteiger partial charge on any atom is -0.325 e. The fourth-order valence-electron chi connectivity index (χ4n) is 7.40. The van der Waals surface area contributed by atoms with E-state index in [2.05, 4.69) is 32.1 Å². The molecule has 4 saturated heterocycles. The summed E-state index contributed by atoms with van der Waals surface area (Å²) in [5.41, 5.74) is 2.98. The maximum absolute atomic E-state index is 13.0. The molecule has 0 bridgehead atoms. The van der Waals surface area contributed by atoms with Crippen molar-refractivity contribution in [2.75, 3.05) is 45.8 Å². The summed E-state index contributed by atoms with van der Waals surface area (Å²) in [4.78, 5) is 58.1. The van der Waals surface area contributed by atoms with Gasteiger partial charge in [0.15, 0.2) is 0 Å². The first-order valence-corrected chi connectivity index (χ1v) is 15.5. The first kappa shape index (κ1) is 27.2. The molecule has 5 aliphatic heterocycles. The number of carbonyl (C=O) groups is 4. The van der Waals surface area contributed by atoms with E-state index < -0.39 is 6.04 Å². The van der Waals surface area contributed by atoms with Gasteiger partial charge in [-0.2, -0.15) is 0 Å². The fourth-order valence-corrected chi connectivity index (χ4v) is 7.40. The minimum absolute atomic E-state index is 0.104. The summed E-state index contributed by atoms with van der Waals surface area (Å²) in [6.07, 6.45) is 9.92.